The summed E-state index contributed by atoms with van der Waals surface area (Å²) in [6, 6.07) is 3.37. The van der Waals surface area contributed by atoms with Gasteiger partial charge in [0.15, 0.2) is 0 Å². The van der Waals surface area contributed by atoms with Crippen LogP contribution in [0.2, 0.25) is 0 Å². The van der Waals surface area contributed by atoms with Crippen molar-refractivity contribution in [2.24, 2.45) is 0 Å². The van der Waals surface area contributed by atoms with Crippen molar-refractivity contribution in [1.29, 1.82) is 0 Å². The van der Waals surface area contributed by atoms with E-state index >= 15 is 0 Å². The number of pyridine rings is 1. The van der Waals surface area contributed by atoms with Gasteiger partial charge in [-0.15, -0.1) is 0 Å². The molecule has 0 spiro atoms. The molecule has 0 aliphatic carbocycles. The molecule has 1 amide bonds. The molecule has 2 N–H and O–H groups in total. The largest absolute Gasteiger partial charge is 0.385 e. The molecule has 5 heteroatoms. The average molecular weight is 250 g/mol. The number of nitrogens with one attached hydrogen (secondary N) is 1. The minimum Gasteiger partial charge on any atom is -0.385 e. The second kappa shape index (κ2) is 5.04. The van der Waals surface area contributed by atoms with E-state index in [1.807, 2.05) is 13.8 Å². The normalized spacial score (nSPS) is 27.2. The average Bonchev–Trinajstić information content (AvgIpc) is 2.67. The van der Waals surface area contributed by atoms with Crippen LogP contribution in [-0.4, -0.2) is 40.9 Å². The van der Waals surface area contributed by atoms with Crippen LogP contribution in [0.4, 0.5) is 0 Å². The van der Waals surface area contributed by atoms with Crippen LogP contribution >= 0.6 is 0 Å². The Balaban J connectivity index is 1.96. The standard InChI is InChI=1S/C13H18N2O3/c1-9-7-11(3-5-14-9)12(16)15-8-13(17)4-6-18-10(13)2/h3,5,7,10,17H,4,6,8H2,1-2H3,(H,15,16). The van der Waals surface area contributed by atoms with Gasteiger partial charge in [0.05, 0.1) is 6.10 Å². The third-order valence-electron chi connectivity index (χ3n) is 3.37. The van der Waals surface area contributed by atoms with Crippen LogP contribution in [0.25, 0.3) is 0 Å². The molecule has 1 saturated heterocycles. The Labute approximate surface area is 106 Å². The SMILES string of the molecule is Cc1cc(C(=O)NCC2(O)CCOC2C)ccn1. The summed E-state index contributed by atoms with van der Waals surface area (Å²) >= 11 is 0. The second-order valence-corrected chi connectivity index (χ2v) is 4.74. The van der Waals surface area contributed by atoms with Crippen LogP contribution in [0.15, 0.2) is 18.3 Å². The molecule has 2 heterocycles. The topological polar surface area (TPSA) is 71.5 Å². The molecule has 1 aliphatic heterocycles. The number of carbonyl (C=O) groups excluding carboxylic acids is 1. The summed E-state index contributed by atoms with van der Waals surface area (Å²) in [6.07, 6.45) is 1.89. The van der Waals surface area contributed by atoms with E-state index in [1.54, 1.807) is 18.3 Å². The van der Waals surface area contributed by atoms with Gasteiger partial charge in [0.1, 0.15) is 5.60 Å². The lowest BCUT2D eigenvalue weighted by molar-refractivity contribution is -0.0251. The zero-order chi connectivity index (χ0) is 13.2. The predicted molar refractivity (Wildman–Crippen MR) is 66.3 cm³/mol. The summed E-state index contributed by atoms with van der Waals surface area (Å²) in [7, 11) is 0. The monoisotopic (exact) mass is 250 g/mol. The molecule has 98 valence electrons. The molecule has 1 aliphatic rings. The molecule has 0 aromatic carbocycles. The number of ether oxygens (including phenoxy) is 1. The molecular weight excluding hydrogens is 232 g/mol. The van der Waals surface area contributed by atoms with Gasteiger partial charge < -0.3 is 15.2 Å². The van der Waals surface area contributed by atoms with Crippen LogP contribution in [0.1, 0.15) is 29.4 Å². The van der Waals surface area contributed by atoms with Gasteiger partial charge in [-0.25, -0.2) is 0 Å². The summed E-state index contributed by atoms with van der Waals surface area (Å²) in [5, 5.41) is 13.0. The first-order chi connectivity index (χ1) is 8.51. The first-order valence-electron chi connectivity index (χ1n) is 6.06. The number of aromatic nitrogens is 1. The van der Waals surface area contributed by atoms with Crippen molar-refractivity contribution in [3.05, 3.63) is 29.6 Å². The zero-order valence-electron chi connectivity index (χ0n) is 10.6. The van der Waals surface area contributed by atoms with Crippen LogP contribution in [0, 0.1) is 6.92 Å². The molecule has 2 rings (SSSR count). The summed E-state index contributed by atoms with van der Waals surface area (Å²) < 4.78 is 5.31. The van der Waals surface area contributed by atoms with Gasteiger partial charge in [-0.2, -0.15) is 0 Å². The van der Waals surface area contributed by atoms with E-state index in [9.17, 15) is 9.90 Å². The smallest absolute Gasteiger partial charge is 0.251 e. The van der Waals surface area contributed by atoms with Gasteiger partial charge in [-0.05, 0) is 26.0 Å². The molecule has 0 saturated carbocycles. The summed E-state index contributed by atoms with van der Waals surface area (Å²) in [5.41, 5.74) is 0.383. The van der Waals surface area contributed by atoms with Crippen molar-refractivity contribution >= 4 is 5.91 Å². The predicted octanol–water partition coefficient (Wildman–Crippen LogP) is 0.660. The van der Waals surface area contributed by atoms with E-state index in [1.165, 1.54) is 0 Å². The molecule has 2 atom stereocenters. The first kappa shape index (κ1) is 13.0. The van der Waals surface area contributed by atoms with Crippen molar-refractivity contribution in [1.82, 2.24) is 10.3 Å². The second-order valence-electron chi connectivity index (χ2n) is 4.74. The van der Waals surface area contributed by atoms with Gasteiger partial charge in [0.2, 0.25) is 0 Å². The van der Waals surface area contributed by atoms with Gasteiger partial charge in [0, 0.05) is 37.0 Å². The third kappa shape index (κ3) is 2.68. The lowest BCUT2D eigenvalue weighted by atomic mass is 9.96. The molecular formula is C13H18N2O3. The van der Waals surface area contributed by atoms with Gasteiger partial charge in [-0.3, -0.25) is 9.78 Å². The Kier molecular flexibility index (Phi) is 3.63. The van der Waals surface area contributed by atoms with Gasteiger partial charge >= 0.3 is 0 Å². The number of nitrogens with zero attached hydrogens (tertiary/aromatic N) is 1. The van der Waals surface area contributed by atoms with E-state index < -0.39 is 5.60 Å². The van der Waals surface area contributed by atoms with Crippen LogP contribution < -0.4 is 5.32 Å². The first-order valence-corrected chi connectivity index (χ1v) is 6.06. The maximum atomic E-state index is 11.9. The van der Waals surface area contributed by atoms with E-state index in [4.69, 9.17) is 4.74 Å². The lowest BCUT2D eigenvalue weighted by Gasteiger charge is -2.26. The summed E-state index contributed by atoms with van der Waals surface area (Å²) in [5.74, 6) is -0.201. The van der Waals surface area contributed by atoms with Crippen molar-refractivity contribution in [3.8, 4) is 0 Å². The molecule has 0 bridgehead atoms. The van der Waals surface area contributed by atoms with E-state index in [2.05, 4.69) is 10.3 Å². The highest BCUT2D eigenvalue weighted by molar-refractivity contribution is 5.94. The Hall–Kier alpha value is -1.46. The fourth-order valence-corrected chi connectivity index (χ4v) is 2.03. The van der Waals surface area contributed by atoms with Crippen molar-refractivity contribution in [2.75, 3.05) is 13.2 Å². The van der Waals surface area contributed by atoms with Crippen molar-refractivity contribution in [2.45, 2.75) is 32.0 Å². The highest BCUT2D eigenvalue weighted by Crippen LogP contribution is 2.24. The fraction of sp³-hybridized carbons (Fsp3) is 0.538. The summed E-state index contributed by atoms with van der Waals surface area (Å²) in [6.45, 7) is 4.38. The quantitative estimate of drug-likeness (QED) is 0.826. The molecule has 2 unspecified atom stereocenters. The molecule has 1 aromatic heterocycles. The van der Waals surface area contributed by atoms with Crippen molar-refractivity contribution in [3.63, 3.8) is 0 Å². The Bertz CT molecular complexity index is 450. The van der Waals surface area contributed by atoms with E-state index in [-0.39, 0.29) is 18.6 Å². The van der Waals surface area contributed by atoms with Crippen LogP contribution in [-0.2, 0) is 4.74 Å². The number of rotatable bonds is 3. The number of carbonyl (C=O) groups is 1. The highest BCUT2D eigenvalue weighted by atomic mass is 16.5. The minimum absolute atomic E-state index is 0.201. The number of aliphatic hydroxyl groups is 1. The Morgan fingerprint density at radius 2 is 2.50 bits per heavy atom. The third-order valence-corrected chi connectivity index (χ3v) is 3.37. The Morgan fingerprint density at radius 3 is 3.11 bits per heavy atom. The molecule has 1 aromatic rings. The number of hydrogen-bond donors (Lipinski definition) is 2. The van der Waals surface area contributed by atoms with Crippen LogP contribution in [0.3, 0.4) is 0 Å². The fourth-order valence-electron chi connectivity index (χ4n) is 2.03. The lowest BCUT2D eigenvalue weighted by Crippen LogP contribution is -2.47. The molecule has 1 fully saturated rings. The van der Waals surface area contributed by atoms with Gasteiger partial charge in [-0.1, -0.05) is 0 Å². The maximum Gasteiger partial charge on any atom is 0.251 e. The molecule has 0 radical (unpaired) electrons. The number of amides is 1. The summed E-state index contributed by atoms with van der Waals surface area (Å²) in [4.78, 5) is 15.9. The zero-order valence-corrected chi connectivity index (χ0v) is 10.6. The maximum absolute atomic E-state index is 11.9. The number of hydrogen-bond acceptors (Lipinski definition) is 4. The Morgan fingerprint density at radius 1 is 1.72 bits per heavy atom. The number of aryl methyl sites for hydroxylation is 1. The van der Waals surface area contributed by atoms with E-state index in [0.29, 0.717) is 18.6 Å². The molecule has 5 nitrogen and oxygen atoms in total. The van der Waals surface area contributed by atoms with Crippen LogP contribution in [0.5, 0.6) is 0 Å². The molecule has 18 heavy (non-hydrogen) atoms. The van der Waals surface area contributed by atoms with E-state index in [0.717, 1.165) is 5.69 Å². The van der Waals surface area contributed by atoms with Gasteiger partial charge in [0.25, 0.3) is 5.91 Å². The minimum atomic E-state index is -0.961. The van der Waals surface area contributed by atoms with Crippen molar-refractivity contribution < 1.29 is 14.6 Å². The highest BCUT2D eigenvalue weighted by Gasteiger charge is 2.39.